The van der Waals surface area contributed by atoms with Crippen LogP contribution in [-0.2, 0) is 17.9 Å². The molecule has 9 heteroatoms. The van der Waals surface area contributed by atoms with Crippen LogP contribution in [0.4, 0.5) is 8.78 Å². The number of nitrogens with zero attached hydrogens (tertiary/aromatic N) is 2. The lowest BCUT2D eigenvalue weighted by Crippen LogP contribution is -2.24. The van der Waals surface area contributed by atoms with Gasteiger partial charge in [-0.1, -0.05) is 17.7 Å². The molecule has 1 heterocycles. The highest BCUT2D eigenvalue weighted by Gasteiger charge is 2.20. The number of methoxy groups -OCH3 is 1. The number of hydrogen-bond donors (Lipinski definition) is 0. The molecule has 170 valence electrons. The number of pyridine rings is 1. The topological polar surface area (TPSA) is 81.3 Å². The third-order valence-corrected chi connectivity index (χ3v) is 5.19. The summed E-state index contributed by atoms with van der Waals surface area (Å²) in [4.78, 5) is 25.6. The van der Waals surface area contributed by atoms with Crippen molar-refractivity contribution in [2.45, 2.75) is 19.6 Å². The third-order valence-electron chi connectivity index (χ3n) is 4.84. The van der Waals surface area contributed by atoms with Crippen molar-refractivity contribution in [3.63, 3.8) is 0 Å². The smallest absolute Gasteiger partial charge is 0.268 e. The molecule has 0 aliphatic heterocycles. The van der Waals surface area contributed by atoms with Gasteiger partial charge in [-0.2, -0.15) is 5.26 Å². The summed E-state index contributed by atoms with van der Waals surface area (Å²) in [6, 6.07) is 10.4. The SMILES string of the molecule is COCCCn1cc(C(=O)c2cc(F)ccc2OCc2c(F)cccc2Cl)cc(C#N)c1=O. The number of ketones is 1. The normalized spacial score (nSPS) is 10.6. The molecule has 0 spiro atoms. The zero-order chi connectivity index (χ0) is 24.0. The lowest BCUT2D eigenvalue weighted by molar-refractivity contribution is 0.103. The van der Waals surface area contributed by atoms with E-state index >= 15 is 0 Å². The van der Waals surface area contributed by atoms with Crippen molar-refractivity contribution >= 4 is 17.4 Å². The van der Waals surface area contributed by atoms with E-state index in [0.717, 1.165) is 18.2 Å². The number of benzene rings is 2. The summed E-state index contributed by atoms with van der Waals surface area (Å²) in [5.41, 5.74) is -0.831. The molecule has 0 aliphatic carbocycles. The summed E-state index contributed by atoms with van der Waals surface area (Å²) < 4.78 is 39.9. The average Bonchev–Trinajstić information content (AvgIpc) is 2.80. The van der Waals surface area contributed by atoms with Crippen LogP contribution in [-0.4, -0.2) is 24.1 Å². The van der Waals surface area contributed by atoms with Gasteiger partial charge >= 0.3 is 0 Å². The Morgan fingerprint density at radius 1 is 1.21 bits per heavy atom. The van der Waals surface area contributed by atoms with E-state index < -0.39 is 23.0 Å². The second kappa shape index (κ2) is 10.9. The number of carbonyl (C=O) groups is 1. The van der Waals surface area contributed by atoms with E-state index in [4.69, 9.17) is 21.1 Å². The van der Waals surface area contributed by atoms with E-state index in [1.165, 1.54) is 42.1 Å². The fourth-order valence-electron chi connectivity index (χ4n) is 3.17. The summed E-state index contributed by atoms with van der Waals surface area (Å²) in [5.74, 6) is -1.94. The van der Waals surface area contributed by atoms with Gasteiger partial charge in [0.15, 0.2) is 5.78 Å². The molecule has 3 rings (SSSR count). The Bertz CT molecular complexity index is 1260. The van der Waals surface area contributed by atoms with Crippen LogP contribution in [0.2, 0.25) is 5.02 Å². The summed E-state index contributed by atoms with van der Waals surface area (Å²) in [7, 11) is 1.52. The van der Waals surface area contributed by atoms with Crippen molar-refractivity contribution < 1.29 is 23.0 Å². The van der Waals surface area contributed by atoms with E-state index in [9.17, 15) is 23.6 Å². The highest BCUT2D eigenvalue weighted by molar-refractivity contribution is 6.31. The first-order valence-electron chi connectivity index (χ1n) is 9.89. The zero-order valence-corrected chi connectivity index (χ0v) is 18.4. The van der Waals surface area contributed by atoms with Gasteiger partial charge in [-0.15, -0.1) is 0 Å². The number of aromatic nitrogens is 1. The minimum Gasteiger partial charge on any atom is -0.488 e. The molecule has 0 bridgehead atoms. The first kappa shape index (κ1) is 24.1. The number of hydrogen-bond acceptors (Lipinski definition) is 5. The van der Waals surface area contributed by atoms with Gasteiger partial charge in [0, 0.05) is 37.6 Å². The van der Waals surface area contributed by atoms with E-state index in [-0.39, 0.29) is 46.2 Å². The molecule has 6 nitrogen and oxygen atoms in total. The number of carbonyl (C=O) groups excluding carboxylic acids is 1. The molecular formula is C24H19ClF2N2O4. The lowest BCUT2D eigenvalue weighted by Gasteiger charge is -2.14. The van der Waals surface area contributed by atoms with Gasteiger partial charge in [0.25, 0.3) is 5.56 Å². The Labute approximate surface area is 193 Å². The van der Waals surface area contributed by atoms with Crippen molar-refractivity contribution in [1.82, 2.24) is 4.57 Å². The van der Waals surface area contributed by atoms with E-state index in [0.29, 0.717) is 13.0 Å². The van der Waals surface area contributed by atoms with Gasteiger partial charge in [-0.05, 0) is 42.8 Å². The molecule has 1 aromatic heterocycles. The minimum absolute atomic E-state index is 0.00272. The minimum atomic E-state index is -0.691. The van der Waals surface area contributed by atoms with Crippen molar-refractivity contribution in [2.75, 3.05) is 13.7 Å². The second-order valence-electron chi connectivity index (χ2n) is 7.06. The maximum Gasteiger partial charge on any atom is 0.268 e. The molecule has 0 radical (unpaired) electrons. The number of ether oxygens (including phenoxy) is 2. The van der Waals surface area contributed by atoms with Crippen LogP contribution in [0, 0.1) is 23.0 Å². The van der Waals surface area contributed by atoms with Gasteiger partial charge in [0.05, 0.1) is 10.6 Å². The number of aryl methyl sites for hydroxylation is 1. The maximum absolute atomic E-state index is 14.1. The predicted molar refractivity (Wildman–Crippen MR) is 117 cm³/mol. The largest absolute Gasteiger partial charge is 0.488 e. The zero-order valence-electron chi connectivity index (χ0n) is 17.6. The van der Waals surface area contributed by atoms with Gasteiger partial charge in [0.1, 0.15) is 35.6 Å². The van der Waals surface area contributed by atoms with E-state index in [2.05, 4.69) is 0 Å². The Hall–Kier alpha value is -3.54. The van der Waals surface area contributed by atoms with E-state index in [1.807, 2.05) is 0 Å². The van der Waals surface area contributed by atoms with Crippen LogP contribution < -0.4 is 10.3 Å². The monoisotopic (exact) mass is 472 g/mol. The molecule has 3 aromatic rings. The molecule has 0 amide bonds. The van der Waals surface area contributed by atoms with E-state index in [1.54, 1.807) is 6.07 Å². The van der Waals surface area contributed by atoms with Crippen molar-refractivity contribution in [3.05, 3.63) is 97.9 Å². The fourth-order valence-corrected chi connectivity index (χ4v) is 3.38. The van der Waals surface area contributed by atoms with Crippen molar-refractivity contribution in [3.8, 4) is 11.8 Å². The van der Waals surface area contributed by atoms with Gasteiger partial charge < -0.3 is 14.0 Å². The standard InChI is InChI=1S/C24H19ClF2N2O4/c1-32-9-3-8-29-13-16(10-15(12-28)24(29)31)23(30)18-11-17(26)6-7-22(18)33-14-19-20(25)4-2-5-21(19)27/h2,4-7,10-11,13H,3,8-9,14H2,1H3. The fraction of sp³-hybridized carbons (Fsp3) is 0.208. The Balaban J connectivity index is 1.97. The summed E-state index contributed by atoms with van der Waals surface area (Å²) in [5, 5.41) is 9.47. The molecule has 0 atom stereocenters. The quantitative estimate of drug-likeness (QED) is 0.338. The van der Waals surface area contributed by atoms with Crippen LogP contribution in [0.5, 0.6) is 5.75 Å². The highest BCUT2D eigenvalue weighted by Crippen LogP contribution is 2.26. The summed E-state index contributed by atoms with van der Waals surface area (Å²) in [6.07, 6.45) is 1.79. The summed E-state index contributed by atoms with van der Waals surface area (Å²) >= 11 is 6.02. The number of halogens is 3. The first-order valence-corrected chi connectivity index (χ1v) is 10.3. The average molecular weight is 473 g/mol. The van der Waals surface area contributed by atoms with Gasteiger partial charge in [-0.25, -0.2) is 8.78 Å². The van der Waals surface area contributed by atoms with Crippen LogP contribution >= 0.6 is 11.6 Å². The molecule has 33 heavy (non-hydrogen) atoms. The maximum atomic E-state index is 14.1. The molecular weight excluding hydrogens is 454 g/mol. The van der Waals surface area contributed by atoms with Crippen LogP contribution in [0.25, 0.3) is 0 Å². The number of nitriles is 1. The summed E-state index contributed by atoms with van der Waals surface area (Å²) in [6.45, 7) is 0.311. The van der Waals surface area contributed by atoms with Crippen LogP contribution in [0.3, 0.4) is 0 Å². The third kappa shape index (κ3) is 5.64. The van der Waals surface area contributed by atoms with Crippen LogP contribution in [0.15, 0.2) is 53.5 Å². The molecule has 2 aromatic carbocycles. The molecule has 0 N–H and O–H groups in total. The van der Waals surface area contributed by atoms with Crippen molar-refractivity contribution in [1.29, 1.82) is 5.26 Å². The van der Waals surface area contributed by atoms with Gasteiger partial charge in [-0.3, -0.25) is 9.59 Å². The molecule has 0 saturated heterocycles. The molecule has 0 unspecified atom stereocenters. The van der Waals surface area contributed by atoms with Crippen LogP contribution in [0.1, 0.15) is 33.5 Å². The van der Waals surface area contributed by atoms with Crippen molar-refractivity contribution in [2.24, 2.45) is 0 Å². The Morgan fingerprint density at radius 3 is 2.70 bits per heavy atom. The van der Waals surface area contributed by atoms with Gasteiger partial charge in [0.2, 0.25) is 0 Å². The Kier molecular flexibility index (Phi) is 7.93. The molecule has 0 aliphatic rings. The highest BCUT2D eigenvalue weighted by atomic mass is 35.5. The predicted octanol–water partition coefficient (Wildman–Crippen LogP) is 4.50. The first-order chi connectivity index (χ1) is 15.8. The second-order valence-corrected chi connectivity index (χ2v) is 7.46. The molecule has 0 fully saturated rings. The lowest BCUT2D eigenvalue weighted by atomic mass is 10.0. The number of rotatable bonds is 9. The Morgan fingerprint density at radius 2 is 2.00 bits per heavy atom. The molecule has 0 saturated carbocycles.